The summed E-state index contributed by atoms with van der Waals surface area (Å²) in [7, 11) is 0. The SMILES string of the molecule is NC(=NCc1ccccc1-c1ccccc1)c1ccc2c(c1)OC(F)(F)C(F)(F)O2. The zero-order valence-electron chi connectivity index (χ0n) is 15.5. The van der Waals surface area contributed by atoms with E-state index < -0.39 is 23.7 Å². The van der Waals surface area contributed by atoms with E-state index in [1.54, 1.807) is 0 Å². The summed E-state index contributed by atoms with van der Waals surface area (Å²) in [6, 6.07) is 20.9. The normalized spacial score (nSPS) is 16.9. The molecule has 4 rings (SSSR count). The molecule has 0 fully saturated rings. The molecule has 0 unspecified atom stereocenters. The molecule has 4 nitrogen and oxygen atoms in total. The number of alkyl halides is 4. The molecule has 2 N–H and O–H groups in total. The Balaban J connectivity index is 1.59. The molecular weight excluding hydrogens is 400 g/mol. The third-order valence-corrected chi connectivity index (χ3v) is 4.58. The first-order valence-electron chi connectivity index (χ1n) is 8.98. The van der Waals surface area contributed by atoms with E-state index in [0.717, 1.165) is 28.8 Å². The number of nitrogens with two attached hydrogens (primary N) is 1. The number of fused-ring (bicyclic) bond motifs is 1. The number of amidine groups is 1. The third-order valence-electron chi connectivity index (χ3n) is 4.58. The summed E-state index contributed by atoms with van der Waals surface area (Å²) in [6.45, 7) is 0.236. The highest BCUT2D eigenvalue weighted by molar-refractivity contribution is 5.98. The van der Waals surface area contributed by atoms with Crippen molar-refractivity contribution in [1.29, 1.82) is 0 Å². The van der Waals surface area contributed by atoms with Crippen LogP contribution in [-0.2, 0) is 6.54 Å². The molecule has 0 saturated heterocycles. The first kappa shape index (κ1) is 19.8. The van der Waals surface area contributed by atoms with Crippen LogP contribution in [0.15, 0.2) is 77.8 Å². The lowest BCUT2D eigenvalue weighted by molar-refractivity contribution is -0.391. The van der Waals surface area contributed by atoms with Crippen LogP contribution in [-0.4, -0.2) is 18.1 Å². The van der Waals surface area contributed by atoms with Gasteiger partial charge in [0.2, 0.25) is 0 Å². The Hall–Kier alpha value is -3.55. The van der Waals surface area contributed by atoms with Gasteiger partial charge in [-0.15, -0.1) is 0 Å². The van der Waals surface area contributed by atoms with Crippen LogP contribution >= 0.6 is 0 Å². The lowest BCUT2D eigenvalue weighted by Crippen LogP contribution is -2.52. The van der Waals surface area contributed by atoms with Gasteiger partial charge in [0, 0.05) is 5.56 Å². The van der Waals surface area contributed by atoms with Gasteiger partial charge in [-0.2, -0.15) is 17.6 Å². The molecule has 8 heteroatoms. The number of halogens is 4. The Morgan fingerprint density at radius 3 is 2.17 bits per heavy atom. The molecule has 0 aliphatic carbocycles. The molecule has 1 heterocycles. The van der Waals surface area contributed by atoms with Gasteiger partial charge in [-0.05, 0) is 34.9 Å². The summed E-state index contributed by atoms with van der Waals surface area (Å²) in [5, 5.41) is 0. The van der Waals surface area contributed by atoms with Crippen molar-refractivity contribution in [2.24, 2.45) is 10.7 Å². The fraction of sp³-hybridized carbons (Fsp3) is 0.136. The van der Waals surface area contributed by atoms with Crippen LogP contribution in [0.25, 0.3) is 11.1 Å². The van der Waals surface area contributed by atoms with Crippen molar-refractivity contribution < 1.29 is 27.0 Å². The van der Waals surface area contributed by atoms with Crippen LogP contribution in [0.1, 0.15) is 11.1 Å². The van der Waals surface area contributed by atoms with Gasteiger partial charge in [-0.25, -0.2) is 0 Å². The van der Waals surface area contributed by atoms with E-state index in [1.165, 1.54) is 6.07 Å². The minimum atomic E-state index is -4.79. The number of rotatable bonds is 4. The van der Waals surface area contributed by atoms with Crippen LogP contribution in [0.3, 0.4) is 0 Å². The van der Waals surface area contributed by atoms with Crippen LogP contribution in [0.4, 0.5) is 17.6 Å². The van der Waals surface area contributed by atoms with Crippen LogP contribution in [0, 0.1) is 0 Å². The summed E-state index contributed by atoms with van der Waals surface area (Å²) >= 11 is 0. The molecule has 154 valence electrons. The lowest BCUT2D eigenvalue weighted by atomic mass is 10.00. The number of ether oxygens (including phenoxy) is 2. The molecule has 0 atom stereocenters. The Kier molecular flexibility index (Phi) is 4.85. The van der Waals surface area contributed by atoms with Gasteiger partial charge < -0.3 is 15.2 Å². The second kappa shape index (κ2) is 7.37. The summed E-state index contributed by atoms with van der Waals surface area (Å²) in [5.41, 5.74) is 9.16. The van der Waals surface area contributed by atoms with Crippen molar-refractivity contribution in [3.8, 4) is 22.6 Å². The van der Waals surface area contributed by atoms with Crippen molar-refractivity contribution in [1.82, 2.24) is 0 Å². The summed E-state index contributed by atoms with van der Waals surface area (Å²) < 4.78 is 61.6. The van der Waals surface area contributed by atoms with Gasteiger partial charge in [-0.1, -0.05) is 54.6 Å². The zero-order chi connectivity index (χ0) is 21.4. The topological polar surface area (TPSA) is 56.8 Å². The Morgan fingerprint density at radius 1 is 0.800 bits per heavy atom. The van der Waals surface area contributed by atoms with E-state index in [4.69, 9.17) is 5.73 Å². The lowest BCUT2D eigenvalue weighted by Gasteiger charge is -2.31. The molecular formula is C22H16F4N2O2. The van der Waals surface area contributed by atoms with Crippen molar-refractivity contribution >= 4 is 5.84 Å². The fourth-order valence-corrected chi connectivity index (χ4v) is 3.05. The van der Waals surface area contributed by atoms with E-state index >= 15 is 0 Å². The van der Waals surface area contributed by atoms with Crippen molar-refractivity contribution in [3.63, 3.8) is 0 Å². The van der Waals surface area contributed by atoms with E-state index in [1.807, 2.05) is 54.6 Å². The monoisotopic (exact) mass is 416 g/mol. The fourth-order valence-electron chi connectivity index (χ4n) is 3.05. The Labute approximate surface area is 169 Å². The maximum Gasteiger partial charge on any atom is 0.507 e. The number of nitrogens with zero attached hydrogens (tertiary/aromatic N) is 1. The maximum atomic E-state index is 13.4. The summed E-state index contributed by atoms with van der Waals surface area (Å²) in [6.07, 6.45) is -9.55. The number of aliphatic imine (C=N–C) groups is 1. The van der Waals surface area contributed by atoms with Gasteiger partial charge in [0.15, 0.2) is 11.5 Å². The largest absolute Gasteiger partial charge is 0.507 e. The molecule has 30 heavy (non-hydrogen) atoms. The average Bonchev–Trinajstić information content (AvgIpc) is 2.73. The first-order chi connectivity index (χ1) is 14.3. The number of benzene rings is 3. The zero-order valence-corrected chi connectivity index (χ0v) is 15.5. The van der Waals surface area contributed by atoms with Gasteiger partial charge >= 0.3 is 12.2 Å². The van der Waals surface area contributed by atoms with Crippen molar-refractivity contribution in [2.75, 3.05) is 0 Å². The quantitative estimate of drug-likeness (QED) is 0.361. The predicted molar refractivity (Wildman–Crippen MR) is 104 cm³/mol. The summed E-state index contributed by atoms with van der Waals surface area (Å²) in [5.74, 6) is -0.993. The highest BCUT2D eigenvalue weighted by atomic mass is 19.3. The highest BCUT2D eigenvalue weighted by Gasteiger charge is 2.65. The molecule has 1 aliphatic heterocycles. The van der Waals surface area contributed by atoms with Crippen LogP contribution < -0.4 is 15.2 Å². The van der Waals surface area contributed by atoms with E-state index in [2.05, 4.69) is 14.5 Å². The van der Waals surface area contributed by atoms with E-state index in [9.17, 15) is 17.6 Å². The molecule has 0 amide bonds. The number of hydrogen-bond acceptors (Lipinski definition) is 3. The van der Waals surface area contributed by atoms with Crippen LogP contribution in [0.5, 0.6) is 11.5 Å². The maximum absolute atomic E-state index is 13.4. The Bertz CT molecular complexity index is 1100. The average molecular weight is 416 g/mol. The smallest absolute Gasteiger partial charge is 0.421 e. The number of hydrogen-bond donors (Lipinski definition) is 1. The minimum Gasteiger partial charge on any atom is -0.421 e. The van der Waals surface area contributed by atoms with Gasteiger partial charge in [0.25, 0.3) is 0 Å². The second-order valence-corrected chi connectivity index (χ2v) is 6.62. The highest BCUT2D eigenvalue weighted by Crippen LogP contribution is 2.47. The standard InChI is InChI=1S/C22H16F4N2O2/c23-21(24)22(25,26)30-19-12-15(10-11-18(19)29-21)20(27)28-13-16-8-4-5-9-17(16)14-6-2-1-3-7-14/h1-12H,13H2,(H2,27,28). The predicted octanol–water partition coefficient (Wildman–Crippen LogP) is 5.22. The van der Waals surface area contributed by atoms with Crippen molar-refractivity contribution in [2.45, 2.75) is 18.8 Å². The van der Waals surface area contributed by atoms with Gasteiger partial charge in [0.05, 0.1) is 6.54 Å². The molecule has 0 bridgehead atoms. The Morgan fingerprint density at radius 2 is 1.43 bits per heavy atom. The molecule has 0 spiro atoms. The third kappa shape index (κ3) is 3.68. The molecule has 3 aromatic carbocycles. The molecule has 3 aromatic rings. The van der Waals surface area contributed by atoms with Crippen LogP contribution in [0.2, 0.25) is 0 Å². The molecule has 0 aromatic heterocycles. The molecule has 0 radical (unpaired) electrons. The molecule has 0 saturated carbocycles. The first-order valence-corrected chi connectivity index (χ1v) is 8.98. The van der Waals surface area contributed by atoms with Gasteiger partial charge in [-0.3, -0.25) is 4.99 Å². The van der Waals surface area contributed by atoms with E-state index in [-0.39, 0.29) is 17.9 Å². The minimum absolute atomic E-state index is 0.0462. The second-order valence-electron chi connectivity index (χ2n) is 6.62. The summed E-state index contributed by atoms with van der Waals surface area (Å²) in [4.78, 5) is 4.33. The van der Waals surface area contributed by atoms with Crippen molar-refractivity contribution in [3.05, 3.63) is 83.9 Å². The molecule has 1 aliphatic rings. The van der Waals surface area contributed by atoms with Gasteiger partial charge in [0.1, 0.15) is 5.84 Å². The van der Waals surface area contributed by atoms with E-state index in [0.29, 0.717) is 0 Å².